The smallest absolute Gasteiger partial charge is 0.243 e. The van der Waals surface area contributed by atoms with Crippen molar-refractivity contribution >= 4 is 21.6 Å². The molecule has 1 aromatic heterocycles. The standard InChI is InChI=1S/C23H26ClN3O3S/c1-23(2,3)18-8-12-20(13-9-18)31(28,29)27-14-4-5-17(15-27)22-25-21(26-30-22)16-6-10-19(24)11-7-16/h6-13,17H,4-5,14-15H2,1-3H3. The second-order valence-corrected chi connectivity index (χ2v) is 11.3. The lowest BCUT2D eigenvalue weighted by atomic mass is 9.87. The zero-order valence-corrected chi connectivity index (χ0v) is 19.4. The summed E-state index contributed by atoms with van der Waals surface area (Å²) in [7, 11) is -3.59. The number of hydrogen-bond acceptors (Lipinski definition) is 5. The molecule has 0 aliphatic carbocycles. The molecule has 8 heteroatoms. The van der Waals surface area contributed by atoms with Gasteiger partial charge < -0.3 is 4.52 Å². The van der Waals surface area contributed by atoms with Crippen molar-refractivity contribution in [1.29, 1.82) is 0 Å². The minimum atomic E-state index is -3.59. The monoisotopic (exact) mass is 459 g/mol. The zero-order chi connectivity index (χ0) is 22.2. The second kappa shape index (κ2) is 8.37. The molecule has 1 saturated heterocycles. The quantitative estimate of drug-likeness (QED) is 0.532. The number of nitrogens with zero attached hydrogens (tertiary/aromatic N) is 3. The Morgan fingerprint density at radius 2 is 1.74 bits per heavy atom. The van der Waals surface area contributed by atoms with Crippen LogP contribution in [0.1, 0.15) is 51.0 Å². The Hall–Kier alpha value is -2.22. The molecule has 4 rings (SSSR count). The maximum absolute atomic E-state index is 13.2. The fourth-order valence-electron chi connectivity index (χ4n) is 3.76. The van der Waals surface area contributed by atoms with Gasteiger partial charge in [-0.05, 0) is 60.2 Å². The molecule has 0 saturated carbocycles. The van der Waals surface area contributed by atoms with E-state index < -0.39 is 10.0 Å². The lowest BCUT2D eigenvalue weighted by Gasteiger charge is -2.30. The van der Waals surface area contributed by atoms with Crippen molar-refractivity contribution in [2.75, 3.05) is 13.1 Å². The van der Waals surface area contributed by atoms with Gasteiger partial charge in [0.05, 0.1) is 10.8 Å². The topological polar surface area (TPSA) is 76.3 Å². The zero-order valence-electron chi connectivity index (χ0n) is 17.9. The number of aromatic nitrogens is 2. The molecule has 1 fully saturated rings. The van der Waals surface area contributed by atoms with Crippen LogP contribution in [-0.4, -0.2) is 36.0 Å². The Labute approximate surface area is 188 Å². The van der Waals surface area contributed by atoms with Gasteiger partial charge in [0.1, 0.15) is 0 Å². The van der Waals surface area contributed by atoms with Crippen molar-refractivity contribution in [2.45, 2.75) is 49.8 Å². The molecule has 0 N–H and O–H groups in total. The molecule has 1 aliphatic heterocycles. The fraction of sp³-hybridized carbons (Fsp3) is 0.391. The average molecular weight is 460 g/mol. The lowest BCUT2D eigenvalue weighted by molar-refractivity contribution is 0.265. The number of rotatable bonds is 4. The maximum Gasteiger partial charge on any atom is 0.243 e. The third-order valence-electron chi connectivity index (χ3n) is 5.64. The highest BCUT2D eigenvalue weighted by molar-refractivity contribution is 7.89. The molecule has 2 aromatic carbocycles. The largest absolute Gasteiger partial charge is 0.339 e. The highest BCUT2D eigenvalue weighted by Crippen LogP contribution is 2.31. The highest BCUT2D eigenvalue weighted by atomic mass is 35.5. The van der Waals surface area contributed by atoms with Gasteiger partial charge in [0.15, 0.2) is 0 Å². The van der Waals surface area contributed by atoms with Gasteiger partial charge >= 0.3 is 0 Å². The number of benzene rings is 2. The van der Waals surface area contributed by atoms with Gasteiger partial charge in [-0.2, -0.15) is 9.29 Å². The Balaban J connectivity index is 1.52. The minimum absolute atomic E-state index is 0.0295. The molecule has 1 aliphatic rings. The average Bonchev–Trinajstić information content (AvgIpc) is 3.24. The lowest BCUT2D eigenvalue weighted by Crippen LogP contribution is -2.39. The summed E-state index contributed by atoms with van der Waals surface area (Å²) in [6.45, 7) is 7.13. The number of piperidine rings is 1. The maximum atomic E-state index is 13.2. The third kappa shape index (κ3) is 4.68. The summed E-state index contributed by atoms with van der Waals surface area (Å²) in [6.07, 6.45) is 1.54. The molecule has 31 heavy (non-hydrogen) atoms. The van der Waals surface area contributed by atoms with E-state index in [1.165, 1.54) is 4.31 Å². The Morgan fingerprint density at radius 1 is 1.06 bits per heavy atom. The van der Waals surface area contributed by atoms with Crippen molar-refractivity contribution in [1.82, 2.24) is 14.4 Å². The van der Waals surface area contributed by atoms with Gasteiger partial charge in [-0.15, -0.1) is 0 Å². The molecule has 1 unspecified atom stereocenters. The van der Waals surface area contributed by atoms with E-state index in [2.05, 4.69) is 30.9 Å². The Kier molecular flexibility index (Phi) is 5.94. The SMILES string of the molecule is CC(C)(C)c1ccc(S(=O)(=O)N2CCCC(c3nc(-c4ccc(Cl)cc4)no3)C2)cc1. The van der Waals surface area contributed by atoms with Crippen LogP contribution in [0.2, 0.25) is 5.02 Å². The van der Waals surface area contributed by atoms with Crippen LogP contribution in [0.5, 0.6) is 0 Å². The summed E-state index contributed by atoms with van der Waals surface area (Å²) >= 11 is 5.94. The molecule has 0 amide bonds. The molecular weight excluding hydrogens is 434 g/mol. The van der Waals surface area contributed by atoms with Crippen LogP contribution in [0.25, 0.3) is 11.4 Å². The minimum Gasteiger partial charge on any atom is -0.339 e. The van der Waals surface area contributed by atoms with Gasteiger partial charge in [0.25, 0.3) is 0 Å². The molecule has 0 bridgehead atoms. The third-order valence-corrected chi connectivity index (χ3v) is 7.77. The van der Waals surface area contributed by atoms with Gasteiger partial charge in [0, 0.05) is 23.7 Å². The van der Waals surface area contributed by atoms with E-state index in [-0.39, 0.29) is 11.3 Å². The summed E-state index contributed by atoms with van der Waals surface area (Å²) in [6, 6.07) is 14.4. The first-order valence-electron chi connectivity index (χ1n) is 10.3. The molecule has 1 atom stereocenters. The van der Waals surface area contributed by atoms with Crippen molar-refractivity contribution in [3.05, 3.63) is 65.0 Å². The van der Waals surface area contributed by atoms with Crippen LogP contribution in [-0.2, 0) is 15.4 Å². The van der Waals surface area contributed by atoms with Crippen LogP contribution < -0.4 is 0 Å². The summed E-state index contributed by atoms with van der Waals surface area (Å²) in [4.78, 5) is 4.83. The normalized spacial score (nSPS) is 18.3. The van der Waals surface area contributed by atoms with E-state index in [0.717, 1.165) is 24.0 Å². The summed E-state index contributed by atoms with van der Waals surface area (Å²) in [5, 5.41) is 4.71. The van der Waals surface area contributed by atoms with Crippen molar-refractivity contribution in [3.63, 3.8) is 0 Å². The molecule has 164 valence electrons. The fourth-order valence-corrected chi connectivity index (χ4v) is 5.41. The Bertz CT molecular complexity index is 1150. The molecule has 0 spiro atoms. The summed E-state index contributed by atoms with van der Waals surface area (Å²) in [5.41, 5.74) is 1.88. The van der Waals surface area contributed by atoms with Gasteiger partial charge in [-0.3, -0.25) is 0 Å². The van der Waals surface area contributed by atoms with E-state index in [1.54, 1.807) is 24.3 Å². The number of hydrogen-bond donors (Lipinski definition) is 0. The van der Waals surface area contributed by atoms with Crippen molar-refractivity contribution in [3.8, 4) is 11.4 Å². The van der Waals surface area contributed by atoms with E-state index in [4.69, 9.17) is 16.1 Å². The van der Waals surface area contributed by atoms with Crippen LogP contribution in [0.3, 0.4) is 0 Å². The van der Waals surface area contributed by atoms with Crippen LogP contribution >= 0.6 is 11.6 Å². The first-order chi connectivity index (χ1) is 14.6. The highest BCUT2D eigenvalue weighted by Gasteiger charge is 2.33. The van der Waals surface area contributed by atoms with Crippen LogP contribution in [0.4, 0.5) is 0 Å². The predicted molar refractivity (Wildman–Crippen MR) is 121 cm³/mol. The van der Waals surface area contributed by atoms with Crippen LogP contribution in [0.15, 0.2) is 57.9 Å². The van der Waals surface area contributed by atoms with E-state index in [1.807, 2.05) is 24.3 Å². The first kappa shape index (κ1) is 22.0. The van der Waals surface area contributed by atoms with Crippen LogP contribution in [0, 0.1) is 0 Å². The number of halogens is 1. The van der Waals surface area contributed by atoms with Gasteiger partial charge in [0.2, 0.25) is 21.7 Å². The predicted octanol–water partition coefficient (Wildman–Crippen LogP) is 5.26. The summed E-state index contributed by atoms with van der Waals surface area (Å²) in [5.74, 6) is 0.809. The second-order valence-electron chi connectivity index (χ2n) is 8.94. The van der Waals surface area contributed by atoms with E-state index in [0.29, 0.717) is 34.7 Å². The molecule has 0 radical (unpaired) electrons. The molecule has 2 heterocycles. The summed E-state index contributed by atoms with van der Waals surface area (Å²) < 4.78 is 33.5. The molecule has 3 aromatic rings. The van der Waals surface area contributed by atoms with Crippen molar-refractivity contribution < 1.29 is 12.9 Å². The van der Waals surface area contributed by atoms with Gasteiger partial charge in [-0.25, -0.2) is 8.42 Å². The van der Waals surface area contributed by atoms with E-state index >= 15 is 0 Å². The number of sulfonamides is 1. The first-order valence-corrected chi connectivity index (χ1v) is 12.2. The van der Waals surface area contributed by atoms with Gasteiger partial charge in [-0.1, -0.05) is 49.7 Å². The molecular formula is C23H26ClN3O3S. The van der Waals surface area contributed by atoms with E-state index in [9.17, 15) is 8.42 Å². The Morgan fingerprint density at radius 3 is 2.39 bits per heavy atom. The molecule has 6 nitrogen and oxygen atoms in total. The van der Waals surface area contributed by atoms with Crippen molar-refractivity contribution in [2.24, 2.45) is 0 Å².